The third-order valence-electron chi connectivity index (χ3n) is 7.22. The van der Waals surface area contributed by atoms with Crippen molar-refractivity contribution in [2.75, 3.05) is 47.9 Å². The van der Waals surface area contributed by atoms with Crippen LogP contribution >= 0.6 is 0 Å². The number of aromatic nitrogens is 4. The van der Waals surface area contributed by atoms with Gasteiger partial charge in [-0.1, -0.05) is 32.9 Å². The topological polar surface area (TPSA) is 88.4 Å². The molecule has 1 N–H and O–H groups in total. The quantitative estimate of drug-likeness (QED) is 0.342. The van der Waals surface area contributed by atoms with Crippen LogP contribution < -0.4 is 15.1 Å². The summed E-state index contributed by atoms with van der Waals surface area (Å²) in [5.41, 5.74) is 6.69. The first-order valence-electron chi connectivity index (χ1n) is 13.5. The molecule has 0 amide bonds. The summed E-state index contributed by atoms with van der Waals surface area (Å²) in [6.45, 7) is 14.1. The lowest BCUT2D eigenvalue weighted by atomic mass is 9.86. The van der Waals surface area contributed by atoms with Gasteiger partial charge in [-0.3, -0.25) is 0 Å². The molecule has 0 bridgehead atoms. The van der Waals surface area contributed by atoms with E-state index in [4.69, 9.17) is 14.7 Å². The number of anilines is 4. The van der Waals surface area contributed by atoms with Crippen LogP contribution in [0, 0.1) is 6.92 Å². The molecule has 39 heavy (non-hydrogen) atoms. The number of fused-ring (bicyclic) bond motifs is 1. The van der Waals surface area contributed by atoms with Gasteiger partial charge in [-0.2, -0.15) is 9.97 Å². The number of rotatable bonds is 6. The maximum Gasteiger partial charge on any atom is 0.338 e. The Morgan fingerprint density at radius 3 is 2.36 bits per heavy atom. The van der Waals surface area contributed by atoms with Crippen LogP contribution in [-0.2, 0) is 17.2 Å². The van der Waals surface area contributed by atoms with Gasteiger partial charge in [0.25, 0.3) is 0 Å². The predicted octanol–water partition coefficient (Wildman–Crippen LogP) is 5.22. The molecule has 0 atom stereocenters. The summed E-state index contributed by atoms with van der Waals surface area (Å²) in [7, 11) is 1.97. The van der Waals surface area contributed by atoms with Crippen molar-refractivity contribution in [2.24, 2.45) is 7.05 Å². The molecule has 0 unspecified atom stereocenters. The van der Waals surface area contributed by atoms with E-state index in [-0.39, 0.29) is 11.4 Å². The van der Waals surface area contributed by atoms with Gasteiger partial charge in [-0.05, 0) is 60.7 Å². The molecule has 2 aromatic heterocycles. The van der Waals surface area contributed by atoms with E-state index in [0.29, 0.717) is 23.8 Å². The second kappa shape index (κ2) is 10.6. The van der Waals surface area contributed by atoms with E-state index >= 15 is 0 Å². The Morgan fingerprint density at radius 2 is 1.69 bits per heavy atom. The van der Waals surface area contributed by atoms with Crippen molar-refractivity contribution in [3.05, 3.63) is 65.5 Å². The normalized spacial score (nSPS) is 14.1. The van der Waals surface area contributed by atoms with Crippen molar-refractivity contribution >= 4 is 40.3 Å². The fourth-order valence-electron chi connectivity index (χ4n) is 4.81. The third kappa shape index (κ3) is 5.53. The molecule has 5 rings (SSSR count). The summed E-state index contributed by atoms with van der Waals surface area (Å²) >= 11 is 0. The number of nitrogens with one attached hydrogen (secondary N) is 1. The van der Waals surface area contributed by atoms with E-state index in [9.17, 15) is 4.79 Å². The number of carbonyl (C=O) groups is 1. The van der Waals surface area contributed by atoms with Gasteiger partial charge in [0, 0.05) is 44.6 Å². The number of benzene rings is 2. The molecule has 1 aliphatic heterocycles. The van der Waals surface area contributed by atoms with Crippen molar-refractivity contribution in [1.82, 2.24) is 19.5 Å². The smallest absolute Gasteiger partial charge is 0.338 e. The molecule has 0 radical (unpaired) electrons. The van der Waals surface area contributed by atoms with Crippen molar-refractivity contribution in [2.45, 2.75) is 40.0 Å². The maximum absolute atomic E-state index is 12.0. The lowest BCUT2D eigenvalue weighted by Gasteiger charge is -2.36. The fraction of sp³-hybridized carbons (Fsp3) is 0.400. The Labute approximate surface area is 229 Å². The Kier molecular flexibility index (Phi) is 7.16. The Balaban J connectivity index is 1.36. The maximum atomic E-state index is 12.0. The Bertz CT molecular complexity index is 1480. The SMILES string of the molecule is CCOC(=O)c1ccc(N2CCN(c3nc(Nc4cc(C(C)(C)C)ccc4C)c4c(ncn4C)n3)CC2)cc1. The van der Waals surface area contributed by atoms with Gasteiger partial charge in [0.05, 0.1) is 18.5 Å². The molecular formula is C30H37N7O2. The first kappa shape index (κ1) is 26.5. The number of hydrogen-bond donors (Lipinski definition) is 1. The number of esters is 1. The van der Waals surface area contributed by atoms with Crippen molar-refractivity contribution in [3.8, 4) is 0 Å². The number of ether oxygens (including phenoxy) is 1. The van der Waals surface area contributed by atoms with Gasteiger partial charge in [-0.25, -0.2) is 9.78 Å². The summed E-state index contributed by atoms with van der Waals surface area (Å²) in [6, 6.07) is 14.2. The minimum Gasteiger partial charge on any atom is -0.462 e. The number of aryl methyl sites for hydroxylation is 2. The minimum absolute atomic E-state index is 0.0433. The van der Waals surface area contributed by atoms with Crippen molar-refractivity contribution in [3.63, 3.8) is 0 Å². The van der Waals surface area contributed by atoms with Crippen LogP contribution in [-0.4, -0.2) is 58.3 Å². The standard InChI is InChI=1S/C30H37N7O2/c1-7-39-28(38)21-9-12-23(13-10-21)36-14-16-37(17-15-36)29-33-26-25(35(6)19-31-26)27(34-29)32-24-18-22(30(3,4)5)11-8-20(24)2/h8-13,18-19H,7,14-17H2,1-6H3,(H,32,33,34). The van der Waals surface area contributed by atoms with Gasteiger partial charge in [0.1, 0.15) is 5.52 Å². The zero-order valence-corrected chi connectivity index (χ0v) is 23.7. The minimum atomic E-state index is -0.291. The van der Waals surface area contributed by atoms with Crippen LogP contribution in [0.3, 0.4) is 0 Å². The molecular weight excluding hydrogens is 490 g/mol. The first-order chi connectivity index (χ1) is 18.6. The fourth-order valence-corrected chi connectivity index (χ4v) is 4.81. The van der Waals surface area contributed by atoms with Crippen LogP contribution in [0.5, 0.6) is 0 Å². The monoisotopic (exact) mass is 527 g/mol. The second-order valence-corrected chi connectivity index (χ2v) is 11.0. The van der Waals surface area contributed by atoms with E-state index in [1.165, 1.54) is 5.56 Å². The lowest BCUT2D eigenvalue weighted by Crippen LogP contribution is -2.47. The number of hydrogen-bond acceptors (Lipinski definition) is 8. The number of piperazine rings is 1. The summed E-state index contributed by atoms with van der Waals surface area (Å²) in [6.07, 6.45) is 1.78. The number of carbonyl (C=O) groups excluding carboxylic acids is 1. The molecule has 0 spiro atoms. The van der Waals surface area contributed by atoms with Gasteiger partial charge in [0.2, 0.25) is 5.95 Å². The van der Waals surface area contributed by atoms with Crippen LogP contribution in [0.4, 0.5) is 23.1 Å². The lowest BCUT2D eigenvalue weighted by molar-refractivity contribution is 0.0526. The molecule has 9 nitrogen and oxygen atoms in total. The Morgan fingerprint density at radius 1 is 1.00 bits per heavy atom. The predicted molar refractivity (Wildman–Crippen MR) is 156 cm³/mol. The van der Waals surface area contributed by atoms with Crippen LogP contribution in [0.2, 0.25) is 0 Å². The molecule has 1 saturated heterocycles. The largest absolute Gasteiger partial charge is 0.462 e. The van der Waals surface area contributed by atoms with Gasteiger partial charge in [-0.15, -0.1) is 0 Å². The number of imidazole rings is 1. The van der Waals surface area contributed by atoms with Crippen molar-refractivity contribution < 1.29 is 9.53 Å². The summed E-state index contributed by atoms with van der Waals surface area (Å²) < 4.78 is 7.06. The van der Waals surface area contributed by atoms with Gasteiger partial charge >= 0.3 is 5.97 Å². The molecule has 1 aliphatic rings. The molecule has 4 aromatic rings. The van der Waals surface area contributed by atoms with E-state index in [1.807, 2.05) is 42.8 Å². The molecule has 204 valence electrons. The van der Waals surface area contributed by atoms with Crippen LogP contribution in [0.1, 0.15) is 49.2 Å². The average molecular weight is 528 g/mol. The summed E-state index contributed by atoms with van der Waals surface area (Å²) in [5, 5.41) is 3.61. The van der Waals surface area contributed by atoms with E-state index < -0.39 is 0 Å². The number of nitrogens with zero attached hydrogens (tertiary/aromatic N) is 6. The zero-order valence-electron chi connectivity index (χ0n) is 23.7. The molecule has 2 aromatic carbocycles. The second-order valence-electron chi connectivity index (χ2n) is 11.0. The van der Waals surface area contributed by atoms with E-state index in [0.717, 1.165) is 54.5 Å². The first-order valence-corrected chi connectivity index (χ1v) is 13.5. The average Bonchev–Trinajstić information content (AvgIpc) is 3.30. The molecule has 1 fully saturated rings. The van der Waals surface area contributed by atoms with E-state index in [1.54, 1.807) is 6.33 Å². The zero-order chi connectivity index (χ0) is 27.7. The molecule has 0 saturated carbocycles. The van der Waals surface area contributed by atoms with Crippen molar-refractivity contribution in [1.29, 1.82) is 0 Å². The highest BCUT2D eigenvalue weighted by Crippen LogP contribution is 2.31. The highest BCUT2D eigenvalue weighted by molar-refractivity contribution is 5.90. The van der Waals surface area contributed by atoms with E-state index in [2.05, 4.69) is 66.0 Å². The highest BCUT2D eigenvalue weighted by Gasteiger charge is 2.23. The van der Waals surface area contributed by atoms with Gasteiger partial charge in [0.15, 0.2) is 11.5 Å². The molecule has 9 heteroatoms. The summed E-state index contributed by atoms with van der Waals surface area (Å²) in [4.78, 5) is 30.9. The molecule has 3 heterocycles. The third-order valence-corrected chi connectivity index (χ3v) is 7.22. The summed E-state index contributed by atoms with van der Waals surface area (Å²) in [5.74, 6) is 1.13. The van der Waals surface area contributed by atoms with Crippen LogP contribution in [0.15, 0.2) is 48.8 Å². The highest BCUT2D eigenvalue weighted by atomic mass is 16.5. The Hall–Kier alpha value is -4.14. The molecule has 0 aliphatic carbocycles. The van der Waals surface area contributed by atoms with Crippen LogP contribution in [0.25, 0.3) is 11.2 Å². The van der Waals surface area contributed by atoms with Gasteiger partial charge < -0.3 is 24.4 Å².